The molecule has 4 rings (SSSR count). The minimum absolute atomic E-state index is 0.125. The van der Waals surface area contributed by atoms with Gasteiger partial charge in [0, 0.05) is 36.8 Å². The van der Waals surface area contributed by atoms with Crippen LogP contribution in [0.15, 0.2) is 60.0 Å². The minimum atomic E-state index is -0.125. The molecule has 0 saturated carbocycles. The van der Waals surface area contributed by atoms with E-state index in [0.29, 0.717) is 25.3 Å². The van der Waals surface area contributed by atoms with Crippen LogP contribution < -0.4 is 14.8 Å². The predicted octanol–water partition coefficient (Wildman–Crippen LogP) is 5.03. The third-order valence-corrected chi connectivity index (χ3v) is 6.70. The average molecular weight is 492 g/mol. The zero-order valence-corrected chi connectivity index (χ0v) is 21.1. The topological polar surface area (TPSA) is 74.6 Å². The lowest BCUT2D eigenvalue weighted by atomic mass is 10.2. The summed E-state index contributed by atoms with van der Waals surface area (Å²) in [7, 11) is 4.92. The third-order valence-electron chi connectivity index (χ3n) is 5.81. The Morgan fingerprint density at radius 3 is 2.29 bits per heavy atom. The molecule has 2 heterocycles. The molecule has 0 spiro atoms. The van der Waals surface area contributed by atoms with Gasteiger partial charge in [0.25, 0.3) is 5.91 Å². The normalized spacial score (nSPS) is 10.9. The number of ether oxygens (including phenoxy) is 3. The highest BCUT2D eigenvalue weighted by atomic mass is 32.1. The first-order chi connectivity index (χ1) is 17.0. The van der Waals surface area contributed by atoms with Gasteiger partial charge in [-0.05, 0) is 55.0 Å². The summed E-state index contributed by atoms with van der Waals surface area (Å²) in [5.41, 5.74) is 5.35. The predicted molar refractivity (Wildman–Crippen MR) is 139 cm³/mol. The van der Waals surface area contributed by atoms with Crippen LogP contribution in [0.2, 0.25) is 0 Å². The number of benzene rings is 2. The molecule has 8 heteroatoms. The maximum absolute atomic E-state index is 12.9. The number of carbonyl (C=O) groups is 1. The first kappa shape index (κ1) is 24.5. The van der Waals surface area contributed by atoms with Gasteiger partial charge in [-0.25, -0.2) is 4.98 Å². The van der Waals surface area contributed by atoms with Crippen LogP contribution in [0.1, 0.15) is 21.6 Å². The lowest BCUT2D eigenvalue weighted by Crippen LogP contribution is -2.27. The quantitative estimate of drug-likeness (QED) is 0.315. The monoisotopic (exact) mass is 491 g/mol. The van der Waals surface area contributed by atoms with E-state index < -0.39 is 0 Å². The number of hydrogen-bond acceptors (Lipinski definition) is 6. The number of aromatic nitrogens is 2. The summed E-state index contributed by atoms with van der Waals surface area (Å²) in [6.45, 7) is 3.48. The van der Waals surface area contributed by atoms with Crippen LogP contribution in [-0.4, -0.2) is 49.9 Å². The van der Waals surface area contributed by atoms with Gasteiger partial charge in [0.2, 0.25) is 0 Å². The Labute approximate surface area is 209 Å². The zero-order chi connectivity index (χ0) is 24.8. The van der Waals surface area contributed by atoms with Gasteiger partial charge >= 0.3 is 0 Å². The molecular weight excluding hydrogens is 462 g/mol. The molecule has 0 aliphatic heterocycles. The number of thiazole rings is 1. The maximum atomic E-state index is 12.9. The Bertz CT molecular complexity index is 1280. The van der Waals surface area contributed by atoms with Crippen LogP contribution >= 0.6 is 11.3 Å². The first-order valence-electron chi connectivity index (χ1n) is 11.2. The van der Waals surface area contributed by atoms with Crippen molar-refractivity contribution in [2.75, 3.05) is 34.5 Å². The number of hydrogen-bond donors (Lipinski definition) is 1. The molecule has 35 heavy (non-hydrogen) atoms. The Balaban J connectivity index is 1.70. The fourth-order valence-corrected chi connectivity index (χ4v) is 4.64. The molecule has 0 saturated heterocycles. The molecule has 1 amide bonds. The third kappa shape index (κ3) is 5.55. The van der Waals surface area contributed by atoms with Gasteiger partial charge in [-0.2, -0.15) is 0 Å². The van der Waals surface area contributed by atoms with E-state index in [1.165, 1.54) is 0 Å². The van der Waals surface area contributed by atoms with E-state index in [1.54, 1.807) is 32.7 Å². The summed E-state index contributed by atoms with van der Waals surface area (Å²) in [6, 6.07) is 17.7. The molecule has 0 atom stereocenters. The summed E-state index contributed by atoms with van der Waals surface area (Å²) in [4.78, 5) is 17.8. The van der Waals surface area contributed by atoms with Crippen molar-refractivity contribution in [2.24, 2.45) is 0 Å². The van der Waals surface area contributed by atoms with Crippen LogP contribution in [-0.2, 0) is 11.3 Å². The maximum Gasteiger partial charge on any atom is 0.253 e. The molecule has 2 aromatic heterocycles. The second-order valence-corrected chi connectivity index (χ2v) is 8.84. The van der Waals surface area contributed by atoms with Crippen molar-refractivity contribution in [3.8, 4) is 33.5 Å². The lowest BCUT2D eigenvalue weighted by molar-refractivity contribution is 0.0936. The van der Waals surface area contributed by atoms with Gasteiger partial charge < -0.3 is 24.1 Å². The number of rotatable bonds is 10. The summed E-state index contributed by atoms with van der Waals surface area (Å²) < 4.78 is 17.8. The Kier molecular flexibility index (Phi) is 7.84. The summed E-state index contributed by atoms with van der Waals surface area (Å²) in [5, 5.41) is 5.87. The molecule has 0 radical (unpaired) electrons. The largest absolute Gasteiger partial charge is 0.497 e. The number of amides is 1. The van der Waals surface area contributed by atoms with E-state index in [0.717, 1.165) is 44.7 Å². The standard InChI is InChI=1S/C27H29N3O4S/c1-18-23(26(31)28-13-14-32-2)15-25(30(18)16-19-5-9-21(33-3)10-6-19)24-17-35-27(29-24)20-7-11-22(34-4)12-8-20/h5-12,15,17H,13-14,16H2,1-4H3,(H,28,31). The SMILES string of the molecule is COCCNC(=O)c1cc(-c2csc(-c3ccc(OC)cc3)n2)n(Cc2ccc(OC)cc2)c1C. The van der Waals surface area contributed by atoms with Gasteiger partial charge in [0.15, 0.2) is 0 Å². The van der Waals surface area contributed by atoms with Crippen molar-refractivity contribution in [1.29, 1.82) is 0 Å². The minimum Gasteiger partial charge on any atom is -0.497 e. The summed E-state index contributed by atoms with van der Waals surface area (Å²) in [6.07, 6.45) is 0. The lowest BCUT2D eigenvalue weighted by Gasteiger charge is -2.12. The Hall–Kier alpha value is -3.62. The van der Waals surface area contributed by atoms with Crippen molar-refractivity contribution >= 4 is 17.2 Å². The molecule has 0 aliphatic carbocycles. The van der Waals surface area contributed by atoms with Crippen molar-refractivity contribution in [1.82, 2.24) is 14.9 Å². The van der Waals surface area contributed by atoms with E-state index in [2.05, 4.69) is 9.88 Å². The van der Waals surface area contributed by atoms with Gasteiger partial charge in [-0.15, -0.1) is 11.3 Å². The van der Waals surface area contributed by atoms with E-state index >= 15 is 0 Å². The molecule has 2 aromatic carbocycles. The Morgan fingerprint density at radius 1 is 1.00 bits per heavy atom. The van der Waals surface area contributed by atoms with Crippen LogP contribution in [0.25, 0.3) is 22.0 Å². The Morgan fingerprint density at radius 2 is 1.66 bits per heavy atom. The molecule has 4 aromatic rings. The average Bonchev–Trinajstić information content (AvgIpc) is 3.50. The molecule has 1 N–H and O–H groups in total. The molecule has 0 bridgehead atoms. The highest BCUT2D eigenvalue weighted by Crippen LogP contribution is 2.33. The molecule has 7 nitrogen and oxygen atoms in total. The second-order valence-electron chi connectivity index (χ2n) is 7.98. The van der Waals surface area contributed by atoms with Gasteiger partial charge in [-0.1, -0.05) is 12.1 Å². The summed E-state index contributed by atoms with van der Waals surface area (Å²) >= 11 is 1.57. The first-order valence-corrected chi connectivity index (χ1v) is 12.1. The van der Waals surface area contributed by atoms with Crippen molar-refractivity contribution < 1.29 is 19.0 Å². The van der Waals surface area contributed by atoms with Crippen LogP contribution in [0.4, 0.5) is 0 Å². The van der Waals surface area contributed by atoms with Gasteiger partial charge in [0.05, 0.1) is 37.8 Å². The number of carbonyl (C=O) groups excluding carboxylic acids is 1. The van der Waals surface area contributed by atoms with E-state index in [1.807, 2.05) is 66.9 Å². The summed E-state index contributed by atoms with van der Waals surface area (Å²) in [5.74, 6) is 1.48. The molecule has 182 valence electrons. The number of nitrogens with zero attached hydrogens (tertiary/aromatic N) is 2. The molecule has 0 unspecified atom stereocenters. The van der Waals surface area contributed by atoms with Crippen molar-refractivity contribution in [3.63, 3.8) is 0 Å². The fraction of sp³-hybridized carbons (Fsp3) is 0.259. The van der Waals surface area contributed by atoms with E-state index in [-0.39, 0.29) is 5.91 Å². The smallest absolute Gasteiger partial charge is 0.253 e. The fourth-order valence-electron chi connectivity index (χ4n) is 3.82. The van der Waals surface area contributed by atoms with Crippen LogP contribution in [0, 0.1) is 6.92 Å². The van der Waals surface area contributed by atoms with E-state index in [9.17, 15) is 4.79 Å². The zero-order valence-electron chi connectivity index (χ0n) is 20.3. The van der Waals surface area contributed by atoms with Crippen LogP contribution in [0.3, 0.4) is 0 Å². The van der Waals surface area contributed by atoms with Crippen molar-refractivity contribution in [3.05, 3.63) is 76.8 Å². The van der Waals surface area contributed by atoms with Crippen molar-refractivity contribution in [2.45, 2.75) is 13.5 Å². The molecule has 0 fully saturated rings. The highest BCUT2D eigenvalue weighted by Gasteiger charge is 2.20. The second kappa shape index (κ2) is 11.2. The van der Waals surface area contributed by atoms with Gasteiger partial charge in [-0.3, -0.25) is 4.79 Å². The number of nitrogens with one attached hydrogen (secondary N) is 1. The van der Waals surface area contributed by atoms with Gasteiger partial charge in [0.1, 0.15) is 16.5 Å². The van der Waals surface area contributed by atoms with E-state index in [4.69, 9.17) is 19.2 Å². The number of methoxy groups -OCH3 is 3. The highest BCUT2D eigenvalue weighted by molar-refractivity contribution is 7.13. The van der Waals surface area contributed by atoms with Crippen LogP contribution in [0.5, 0.6) is 11.5 Å². The molecule has 0 aliphatic rings. The molecular formula is C27H29N3O4S.